The molecule has 5 heteroatoms. The SMILES string of the molecule is CC1CCCN(Cc2ccc(CNC(=O)c3coc(Br)c3)cc2)C1. The molecule has 0 spiro atoms. The quantitative estimate of drug-likeness (QED) is 0.831. The number of likely N-dealkylation sites (tertiary alicyclic amines) is 1. The molecule has 1 unspecified atom stereocenters. The van der Waals surface area contributed by atoms with Crippen molar-refractivity contribution in [2.45, 2.75) is 32.9 Å². The third-order valence-electron chi connectivity index (χ3n) is 4.45. The molecule has 3 rings (SSSR count). The smallest absolute Gasteiger partial charge is 0.254 e. The minimum Gasteiger partial charge on any atom is -0.457 e. The first-order chi connectivity index (χ1) is 11.6. The van der Waals surface area contributed by atoms with E-state index in [0.717, 1.165) is 18.0 Å². The molecule has 1 saturated heterocycles. The number of nitrogens with one attached hydrogen (secondary N) is 1. The summed E-state index contributed by atoms with van der Waals surface area (Å²) in [4.78, 5) is 14.5. The summed E-state index contributed by atoms with van der Waals surface area (Å²) in [6, 6.07) is 10.2. The van der Waals surface area contributed by atoms with Gasteiger partial charge in [0.2, 0.25) is 0 Å². The molecule has 0 aliphatic carbocycles. The van der Waals surface area contributed by atoms with Crippen molar-refractivity contribution in [3.63, 3.8) is 0 Å². The molecule has 2 aromatic rings. The van der Waals surface area contributed by atoms with E-state index in [1.54, 1.807) is 6.07 Å². The van der Waals surface area contributed by atoms with Gasteiger partial charge in [-0.2, -0.15) is 0 Å². The number of hydrogen-bond donors (Lipinski definition) is 1. The molecule has 1 atom stereocenters. The molecule has 1 N–H and O–H groups in total. The van der Waals surface area contributed by atoms with Gasteiger partial charge in [0.25, 0.3) is 5.91 Å². The maximum Gasteiger partial charge on any atom is 0.254 e. The molecule has 1 aliphatic rings. The summed E-state index contributed by atoms with van der Waals surface area (Å²) in [7, 11) is 0. The summed E-state index contributed by atoms with van der Waals surface area (Å²) in [5.74, 6) is 0.673. The lowest BCUT2D eigenvalue weighted by atomic mass is 9.99. The first-order valence-corrected chi connectivity index (χ1v) is 9.22. The van der Waals surface area contributed by atoms with E-state index in [4.69, 9.17) is 4.42 Å². The Hall–Kier alpha value is -1.59. The average molecular weight is 391 g/mol. The summed E-state index contributed by atoms with van der Waals surface area (Å²) < 4.78 is 5.64. The maximum absolute atomic E-state index is 12.0. The highest BCUT2D eigenvalue weighted by Gasteiger charge is 2.16. The topological polar surface area (TPSA) is 45.5 Å². The van der Waals surface area contributed by atoms with Crippen LogP contribution in [0, 0.1) is 5.92 Å². The first-order valence-electron chi connectivity index (χ1n) is 8.42. The van der Waals surface area contributed by atoms with Crippen LogP contribution in [0.15, 0.2) is 45.7 Å². The Bertz CT molecular complexity index is 681. The number of carbonyl (C=O) groups excluding carboxylic acids is 1. The van der Waals surface area contributed by atoms with Crippen molar-refractivity contribution < 1.29 is 9.21 Å². The Morgan fingerprint density at radius 2 is 2.08 bits per heavy atom. The molecule has 1 fully saturated rings. The molecular formula is C19H23BrN2O2. The lowest BCUT2D eigenvalue weighted by molar-refractivity contribution is 0.0950. The summed E-state index contributed by atoms with van der Waals surface area (Å²) in [5.41, 5.74) is 2.96. The number of amides is 1. The van der Waals surface area contributed by atoms with E-state index < -0.39 is 0 Å². The Kier molecular flexibility index (Phi) is 5.74. The molecule has 1 aromatic carbocycles. The van der Waals surface area contributed by atoms with Gasteiger partial charge in [0.15, 0.2) is 4.67 Å². The third kappa shape index (κ3) is 4.71. The molecule has 1 aliphatic heterocycles. The molecule has 4 nitrogen and oxygen atoms in total. The van der Waals surface area contributed by atoms with Crippen LogP contribution >= 0.6 is 15.9 Å². The number of carbonyl (C=O) groups is 1. The van der Waals surface area contributed by atoms with Crippen LogP contribution in [0.4, 0.5) is 0 Å². The normalized spacial score (nSPS) is 18.5. The van der Waals surface area contributed by atoms with Gasteiger partial charge in [0, 0.05) is 25.7 Å². The predicted octanol–water partition coefficient (Wildman–Crippen LogP) is 4.20. The number of furan rings is 1. The summed E-state index contributed by atoms with van der Waals surface area (Å²) in [5, 5.41) is 2.91. The molecule has 24 heavy (non-hydrogen) atoms. The van der Waals surface area contributed by atoms with Crippen LogP contribution in [0.5, 0.6) is 0 Å². The maximum atomic E-state index is 12.0. The monoisotopic (exact) mass is 390 g/mol. The van der Waals surface area contributed by atoms with Crippen molar-refractivity contribution in [1.29, 1.82) is 0 Å². The number of hydrogen-bond acceptors (Lipinski definition) is 3. The second kappa shape index (κ2) is 7.99. The van der Waals surface area contributed by atoms with Crippen molar-refractivity contribution in [1.82, 2.24) is 10.2 Å². The van der Waals surface area contributed by atoms with Gasteiger partial charge in [-0.15, -0.1) is 0 Å². The molecular weight excluding hydrogens is 368 g/mol. The second-order valence-electron chi connectivity index (χ2n) is 6.62. The van der Waals surface area contributed by atoms with Crippen LogP contribution in [0.1, 0.15) is 41.3 Å². The van der Waals surface area contributed by atoms with E-state index in [-0.39, 0.29) is 5.91 Å². The largest absolute Gasteiger partial charge is 0.457 e. The van der Waals surface area contributed by atoms with Gasteiger partial charge in [-0.05, 0) is 52.4 Å². The fourth-order valence-electron chi connectivity index (χ4n) is 3.16. The van der Waals surface area contributed by atoms with E-state index in [1.807, 2.05) is 0 Å². The van der Waals surface area contributed by atoms with Gasteiger partial charge in [-0.25, -0.2) is 0 Å². The lowest BCUT2D eigenvalue weighted by Gasteiger charge is -2.30. The van der Waals surface area contributed by atoms with E-state index in [0.29, 0.717) is 16.8 Å². The van der Waals surface area contributed by atoms with Crippen LogP contribution in [0.25, 0.3) is 0 Å². The van der Waals surface area contributed by atoms with Crippen LogP contribution < -0.4 is 5.32 Å². The fourth-order valence-corrected chi connectivity index (χ4v) is 3.50. The number of piperidine rings is 1. The molecule has 1 aromatic heterocycles. The van der Waals surface area contributed by atoms with Crippen molar-refractivity contribution >= 4 is 21.8 Å². The lowest BCUT2D eigenvalue weighted by Crippen LogP contribution is -2.33. The molecule has 1 amide bonds. The number of benzene rings is 1. The Morgan fingerprint density at radius 3 is 2.75 bits per heavy atom. The Labute approximate surface area is 151 Å². The average Bonchev–Trinajstić information content (AvgIpc) is 3.01. The standard InChI is InChI=1S/C19H23BrN2O2/c1-14-3-2-8-22(11-14)12-16-6-4-15(5-7-16)10-21-19(23)17-9-18(20)24-13-17/h4-7,9,13-14H,2-3,8,10-12H2,1H3,(H,21,23). The summed E-state index contributed by atoms with van der Waals surface area (Å²) >= 11 is 3.20. The molecule has 2 heterocycles. The zero-order valence-corrected chi connectivity index (χ0v) is 15.5. The van der Waals surface area contributed by atoms with Gasteiger partial charge in [-0.1, -0.05) is 31.2 Å². The zero-order valence-electron chi connectivity index (χ0n) is 13.9. The van der Waals surface area contributed by atoms with Crippen molar-refractivity contribution in [2.24, 2.45) is 5.92 Å². The highest BCUT2D eigenvalue weighted by atomic mass is 79.9. The van der Waals surface area contributed by atoms with E-state index in [1.165, 1.54) is 37.8 Å². The van der Waals surface area contributed by atoms with Gasteiger partial charge in [0.1, 0.15) is 6.26 Å². The van der Waals surface area contributed by atoms with Crippen LogP contribution in [-0.2, 0) is 13.1 Å². The minimum absolute atomic E-state index is 0.129. The van der Waals surface area contributed by atoms with Crippen molar-refractivity contribution in [3.05, 3.63) is 58.0 Å². The first kappa shape index (κ1) is 17.2. The van der Waals surface area contributed by atoms with Gasteiger partial charge >= 0.3 is 0 Å². The molecule has 128 valence electrons. The van der Waals surface area contributed by atoms with Gasteiger partial charge in [-0.3, -0.25) is 9.69 Å². The van der Waals surface area contributed by atoms with Crippen LogP contribution in [0.2, 0.25) is 0 Å². The molecule has 0 bridgehead atoms. The summed E-state index contributed by atoms with van der Waals surface area (Å²) in [6.45, 7) is 6.25. The van der Waals surface area contributed by atoms with Gasteiger partial charge in [0.05, 0.1) is 5.56 Å². The van der Waals surface area contributed by atoms with E-state index in [2.05, 4.69) is 57.3 Å². The highest BCUT2D eigenvalue weighted by molar-refractivity contribution is 9.10. The van der Waals surface area contributed by atoms with Crippen molar-refractivity contribution in [3.8, 4) is 0 Å². The minimum atomic E-state index is -0.129. The highest BCUT2D eigenvalue weighted by Crippen LogP contribution is 2.18. The summed E-state index contributed by atoms with van der Waals surface area (Å²) in [6.07, 6.45) is 4.10. The van der Waals surface area contributed by atoms with E-state index in [9.17, 15) is 4.79 Å². The molecule has 0 radical (unpaired) electrons. The van der Waals surface area contributed by atoms with Gasteiger partial charge < -0.3 is 9.73 Å². The van der Waals surface area contributed by atoms with Crippen molar-refractivity contribution in [2.75, 3.05) is 13.1 Å². The zero-order chi connectivity index (χ0) is 16.9. The number of halogens is 1. The Morgan fingerprint density at radius 1 is 1.33 bits per heavy atom. The van der Waals surface area contributed by atoms with Crippen LogP contribution in [0.3, 0.4) is 0 Å². The second-order valence-corrected chi connectivity index (χ2v) is 7.40. The fraction of sp³-hybridized carbons (Fsp3) is 0.421. The number of nitrogens with zero attached hydrogens (tertiary/aromatic N) is 1. The third-order valence-corrected chi connectivity index (χ3v) is 4.87. The number of rotatable bonds is 5. The van der Waals surface area contributed by atoms with Crippen LogP contribution in [-0.4, -0.2) is 23.9 Å². The molecule has 0 saturated carbocycles. The van der Waals surface area contributed by atoms with E-state index >= 15 is 0 Å². The predicted molar refractivity (Wildman–Crippen MR) is 97.7 cm³/mol. The Balaban J connectivity index is 1.50.